The normalized spacial score (nSPS) is 11.9. The van der Waals surface area contributed by atoms with Crippen LogP contribution in [0.15, 0.2) is 102 Å². The minimum absolute atomic E-state index is 0.247. The second-order valence-electron chi connectivity index (χ2n) is 8.42. The first-order valence-corrected chi connectivity index (χ1v) is 14.2. The van der Waals surface area contributed by atoms with E-state index in [0.29, 0.717) is 15.9 Å². The molecule has 0 saturated heterocycles. The van der Waals surface area contributed by atoms with Gasteiger partial charge in [0.15, 0.2) is 0 Å². The number of nitrogens with one attached hydrogen (secondary N) is 1. The maximum absolute atomic E-state index is 13.7. The van der Waals surface area contributed by atoms with Gasteiger partial charge in [-0.05, 0) is 0 Å². The van der Waals surface area contributed by atoms with Crippen LogP contribution in [0.4, 0.5) is 0 Å². The molecule has 178 valence electrons. The van der Waals surface area contributed by atoms with Crippen molar-refractivity contribution in [2.45, 2.75) is 5.82 Å². The fourth-order valence-corrected chi connectivity index (χ4v) is 5.36. The van der Waals surface area contributed by atoms with Crippen molar-refractivity contribution in [1.29, 1.82) is 0 Å². The molecule has 37 heavy (non-hydrogen) atoms. The van der Waals surface area contributed by atoms with Crippen LogP contribution < -0.4 is 5.32 Å². The number of benzene rings is 4. The first-order valence-electron chi connectivity index (χ1n) is 11.7. The first kappa shape index (κ1) is 23.0. The number of aromatic nitrogens is 2. The van der Waals surface area contributed by atoms with Crippen molar-refractivity contribution in [3.05, 3.63) is 108 Å². The molecule has 6 aromatic rings. The van der Waals surface area contributed by atoms with Crippen molar-refractivity contribution < 1.29 is 9.59 Å². The summed E-state index contributed by atoms with van der Waals surface area (Å²) >= 11 is -0.247. The van der Waals surface area contributed by atoms with E-state index >= 15 is 0 Å². The molecule has 2 aromatic heterocycles. The second-order valence-corrected chi connectivity index (χ2v) is 10.1. The van der Waals surface area contributed by atoms with Gasteiger partial charge < -0.3 is 0 Å². The fraction of sp³-hybridized carbons (Fsp3) is 0.0333. The van der Waals surface area contributed by atoms with Gasteiger partial charge in [-0.1, -0.05) is 0 Å². The molecule has 0 aliphatic heterocycles. The summed E-state index contributed by atoms with van der Waals surface area (Å²) in [5.41, 5.74) is 3.92. The number of hydrogen-bond donors (Lipinski definition) is 1. The summed E-state index contributed by atoms with van der Waals surface area (Å²) in [6, 6.07) is 30.2. The van der Waals surface area contributed by atoms with Crippen LogP contribution in [-0.4, -0.2) is 41.5 Å². The zero-order valence-electron chi connectivity index (χ0n) is 19.8. The van der Waals surface area contributed by atoms with Gasteiger partial charge in [-0.3, -0.25) is 0 Å². The number of hydrogen-bond acceptors (Lipinski definition) is 4. The molecule has 6 rings (SSSR count). The Morgan fingerprint density at radius 3 is 1.41 bits per heavy atom. The van der Waals surface area contributed by atoms with E-state index in [2.05, 4.69) is 10.3 Å². The molecule has 0 atom stereocenters. The molecule has 2 heterocycles. The average Bonchev–Trinajstić information content (AvgIpc) is 2.93. The van der Waals surface area contributed by atoms with Crippen molar-refractivity contribution in [3.63, 3.8) is 0 Å². The predicted molar refractivity (Wildman–Crippen MR) is 149 cm³/mol. The predicted octanol–water partition coefficient (Wildman–Crippen LogP) is 5.77. The van der Waals surface area contributed by atoms with Gasteiger partial charge in [0.2, 0.25) is 0 Å². The SMILES string of the molecule is C[Se]C(=NC(=O)c1c2ccccc2nc2ccccc12)NC(=O)c1c2ccccc2nc2ccccc12. The van der Waals surface area contributed by atoms with Crippen molar-refractivity contribution >= 4 is 75.1 Å². The molecule has 0 fully saturated rings. The van der Waals surface area contributed by atoms with E-state index in [4.69, 9.17) is 9.97 Å². The third-order valence-corrected chi connectivity index (χ3v) is 7.45. The van der Waals surface area contributed by atoms with E-state index in [1.807, 2.05) is 103 Å². The van der Waals surface area contributed by atoms with Gasteiger partial charge in [0.05, 0.1) is 0 Å². The Hall–Kier alpha value is -4.45. The number of nitrogens with zero attached hydrogens (tertiary/aromatic N) is 3. The summed E-state index contributed by atoms with van der Waals surface area (Å²) in [6.07, 6.45) is 0. The quantitative estimate of drug-likeness (QED) is 0.132. The number of aliphatic imine (C=N–C) groups is 1. The third-order valence-electron chi connectivity index (χ3n) is 6.23. The van der Waals surface area contributed by atoms with Gasteiger partial charge in [-0.15, -0.1) is 0 Å². The van der Waals surface area contributed by atoms with Crippen LogP contribution in [0.5, 0.6) is 0 Å². The van der Waals surface area contributed by atoms with Crippen LogP contribution in [0, 0.1) is 0 Å². The van der Waals surface area contributed by atoms with Crippen LogP contribution >= 0.6 is 0 Å². The molecule has 0 bridgehead atoms. The molecular weight excluding hydrogens is 527 g/mol. The molecule has 2 amide bonds. The number of pyridine rings is 2. The van der Waals surface area contributed by atoms with Crippen LogP contribution in [0.2, 0.25) is 5.82 Å². The monoisotopic (exact) mass is 548 g/mol. The fourth-order valence-electron chi connectivity index (χ4n) is 4.59. The molecule has 0 unspecified atom stereocenters. The Morgan fingerprint density at radius 1 is 0.622 bits per heavy atom. The minimum atomic E-state index is -0.404. The Bertz CT molecular complexity index is 1790. The Labute approximate surface area is 218 Å². The number of carbonyl (C=O) groups excluding carboxylic acids is 2. The zero-order chi connectivity index (χ0) is 25.4. The number of amidine groups is 1. The molecule has 1 N–H and O–H groups in total. The summed E-state index contributed by atoms with van der Waals surface area (Å²) in [7, 11) is 0. The van der Waals surface area contributed by atoms with Gasteiger partial charge in [-0.25, -0.2) is 0 Å². The molecule has 0 aliphatic rings. The Morgan fingerprint density at radius 2 is 1.00 bits per heavy atom. The molecule has 4 aromatic carbocycles. The number of carbonyl (C=O) groups is 2. The van der Waals surface area contributed by atoms with Crippen LogP contribution in [-0.2, 0) is 0 Å². The van der Waals surface area contributed by atoms with Crippen molar-refractivity contribution in [3.8, 4) is 0 Å². The van der Waals surface area contributed by atoms with Crippen molar-refractivity contribution in [2.75, 3.05) is 0 Å². The van der Waals surface area contributed by atoms with Gasteiger partial charge >= 0.3 is 219 Å². The third kappa shape index (κ3) is 4.14. The molecule has 0 spiro atoms. The molecule has 6 nitrogen and oxygen atoms in total. The number of fused-ring (bicyclic) bond motifs is 4. The van der Waals surface area contributed by atoms with Crippen LogP contribution in [0.1, 0.15) is 20.7 Å². The standard InChI is InChI=1S/C30H20N4O2Se/c1-37-30(33-28(35)26-18-10-2-6-14-22(18)31-23-15-7-3-11-19(23)26)34-29(36)27-20-12-4-8-16-24(20)32-25-17-9-5-13-21(25)27/h2-17H,1H3,(H,33,34,35,36). The Balaban J connectivity index is 1.44. The van der Waals surface area contributed by atoms with Gasteiger partial charge in [-0.2, -0.15) is 0 Å². The summed E-state index contributed by atoms with van der Waals surface area (Å²) in [5, 5.41) is 5.90. The number of rotatable bonds is 3. The summed E-state index contributed by atoms with van der Waals surface area (Å²) in [4.78, 5) is 41.1. The van der Waals surface area contributed by atoms with E-state index in [1.54, 1.807) is 0 Å². The van der Waals surface area contributed by atoms with E-state index in [-0.39, 0.29) is 20.9 Å². The zero-order valence-corrected chi connectivity index (χ0v) is 21.5. The van der Waals surface area contributed by atoms with Crippen LogP contribution in [0.25, 0.3) is 43.6 Å². The maximum atomic E-state index is 13.7. The van der Waals surface area contributed by atoms with Crippen molar-refractivity contribution in [2.24, 2.45) is 4.99 Å². The van der Waals surface area contributed by atoms with E-state index in [0.717, 1.165) is 43.6 Å². The summed E-state index contributed by atoms with van der Waals surface area (Å²) in [5.74, 6) is 1.21. The first-order chi connectivity index (χ1) is 18.1. The summed E-state index contributed by atoms with van der Waals surface area (Å²) in [6.45, 7) is 0. The van der Waals surface area contributed by atoms with Gasteiger partial charge in [0.1, 0.15) is 0 Å². The van der Waals surface area contributed by atoms with E-state index in [1.165, 1.54) is 0 Å². The van der Waals surface area contributed by atoms with Crippen LogP contribution in [0.3, 0.4) is 0 Å². The van der Waals surface area contributed by atoms with E-state index < -0.39 is 5.91 Å². The second kappa shape index (κ2) is 9.54. The number of amides is 2. The number of para-hydroxylation sites is 4. The van der Waals surface area contributed by atoms with Gasteiger partial charge in [0.25, 0.3) is 0 Å². The van der Waals surface area contributed by atoms with Crippen molar-refractivity contribution in [1.82, 2.24) is 15.3 Å². The molecule has 0 saturated carbocycles. The molecular formula is C30H20N4O2Se. The summed E-state index contributed by atoms with van der Waals surface area (Å²) < 4.78 is 0.359. The van der Waals surface area contributed by atoms with E-state index in [9.17, 15) is 9.59 Å². The molecule has 7 heteroatoms. The molecule has 0 aliphatic carbocycles. The van der Waals surface area contributed by atoms with Gasteiger partial charge in [0, 0.05) is 0 Å². The topological polar surface area (TPSA) is 84.3 Å². The Kier molecular flexibility index (Phi) is 5.93. The molecule has 0 radical (unpaired) electrons. The average molecular weight is 547 g/mol.